The zero-order valence-electron chi connectivity index (χ0n) is 12.1. The molecule has 4 heteroatoms. The average molecular weight is 279 g/mol. The van der Waals surface area contributed by atoms with Crippen LogP contribution >= 0.6 is 0 Å². The molecule has 2 aliphatic rings. The number of rotatable bonds is 1. The predicted molar refractivity (Wildman–Crippen MR) is 75.1 cm³/mol. The number of benzene rings is 1. The molecule has 3 unspecified atom stereocenters. The van der Waals surface area contributed by atoms with Crippen molar-refractivity contribution in [3.05, 3.63) is 29.6 Å². The summed E-state index contributed by atoms with van der Waals surface area (Å²) in [5.41, 5.74) is 6.89. The summed E-state index contributed by atoms with van der Waals surface area (Å²) in [6.45, 7) is 4.99. The van der Waals surface area contributed by atoms with Crippen LogP contribution in [0.4, 0.5) is 4.39 Å². The van der Waals surface area contributed by atoms with E-state index >= 15 is 0 Å². The van der Waals surface area contributed by atoms with E-state index in [-0.39, 0.29) is 23.6 Å². The molecule has 1 aromatic carbocycles. The van der Waals surface area contributed by atoms with Crippen LogP contribution in [0.3, 0.4) is 0 Å². The summed E-state index contributed by atoms with van der Waals surface area (Å²) in [6, 6.07) is 4.54. The summed E-state index contributed by atoms with van der Waals surface area (Å²) >= 11 is 0. The van der Waals surface area contributed by atoms with Gasteiger partial charge in [0.1, 0.15) is 17.2 Å². The minimum atomic E-state index is -0.298. The first-order valence-corrected chi connectivity index (χ1v) is 7.35. The summed E-state index contributed by atoms with van der Waals surface area (Å²) in [4.78, 5) is 0. The molecule has 2 aliphatic heterocycles. The maximum Gasteiger partial charge on any atom is 0.127 e. The van der Waals surface area contributed by atoms with E-state index < -0.39 is 0 Å². The zero-order chi connectivity index (χ0) is 14.3. The normalized spacial score (nSPS) is 33.0. The third kappa shape index (κ3) is 2.42. The molecule has 0 amide bonds. The maximum absolute atomic E-state index is 13.4. The Bertz CT molecular complexity index is 505. The SMILES string of the molecule is CC(C)C1CC2(CCO1)CC(N)c1ccc(F)cc1O2. The molecule has 0 aromatic heterocycles. The van der Waals surface area contributed by atoms with Crippen LogP contribution in [0.2, 0.25) is 0 Å². The molecule has 1 spiro atoms. The van der Waals surface area contributed by atoms with Crippen molar-refractivity contribution in [1.29, 1.82) is 0 Å². The summed E-state index contributed by atoms with van der Waals surface area (Å²) in [7, 11) is 0. The first kappa shape index (κ1) is 13.8. The van der Waals surface area contributed by atoms with Gasteiger partial charge in [-0.15, -0.1) is 0 Å². The van der Waals surface area contributed by atoms with E-state index in [2.05, 4.69) is 13.8 Å². The minimum absolute atomic E-state index is 0.0923. The fraction of sp³-hybridized carbons (Fsp3) is 0.625. The number of hydrogen-bond acceptors (Lipinski definition) is 3. The van der Waals surface area contributed by atoms with Gasteiger partial charge >= 0.3 is 0 Å². The molecule has 0 bridgehead atoms. The smallest absolute Gasteiger partial charge is 0.127 e. The number of halogens is 1. The Hall–Kier alpha value is -1.13. The van der Waals surface area contributed by atoms with Crippen LogP contribution in [0.5, 0.6) is 5.75 Å². The second kappa shape index (κ2) is 5.01. The zero-order valence-corrected chi connectivity index (χ0v) is 12.1. The molecule has 20 heavy (non-hydrogen) atoms. The number of ether oxygens (including phenoxy) is 2. The number of nitrogens with two attached hydrogens (primary N) is 1. The lowest BCUT2D eigenvalue weighted by Gasteiger charge is -2.46. The van der Waals surface area contributed by atoms with Crippen LogP contribution in [0.25, 0.3) is 0 Å². The molecule has 0 saturated carbocycles. The van der Waals surface area contributed by atoms with Crippen LogP contribution in [-0.4, -0.2) is 18.3 Å². The van der Waals surface area contributed by atoms with Crippen molar-refractivity contribution < 1.29 is 13.9 Å². The van der Waals surface area contributed by atoms with Crippen LogP contribution in [0.15, 0.2) is 18.2 Å². The second-order valence-corrected chi connectivity index (χ2v) is 6.39. The average Bonchev–Trinajstić information content (AvgIpc) is 2.37. The highest BCUT2D eigenvalue weighted by atomic mass is 19.1. The molecule has 2 N–H and O–H groups in total. The largest absolute Gasteiger partial charge is 0.487 e. The van der Waals surface area contributed by atoms with Gasteiger partial charge in [-0.1, -0.05) is 19.9 Å². The van der Waals surface area contributed by atoms with Crippen molar-refractivity contribution in [3.8, 4) is 5.75 Å². The van der Waals surface area contributed by atoms with E-state index in [0.717, 1.165) is 24.8 Å². The third-order valence-electron chi connectivity index (χ3n) is 4.50. The highest BCUT2D eigenvalue weighted by Gasteiger charge is 2.44. The fourth-order valence-electron chi connectivity index (χ4n) is 3.32. The summed E-state index contributed by atoms with van der Waals surface area (Å²) < 4.78 is 25.4. The quantitative estimate of drug-likeness (QED) is 0.858. The molecular formula is C16H22FNO2. The van der Waals surface area contributed by atoms with Gasteiger partial charge in [-0.3, -0.25) is 0 Å². The van der Waals surface area contributed by atoms with Crippen molar-refractivity contribution >= 4 is 0 Å². The Balaban J connectivity index is 1.89. The molecule has 0 aliphatic carbocycles. The maximum atomic E-state index is 13.4. The van der Waals surface area contributed by atoms with Crippen LogP contribution in [-0.2, 0) is 4.74 Å². The molecule has 0 radical (unpaired) electrons. The van der Waals surface area contributed by atoms with Crippen molar-refractivity contribution in [2.45, 2.75) is 50.9 Å². The third-order valence-corrected chi connectivity index (χ3v) is 4.50. The molecule has 110 valence electrons. The standard InChI is InChI=1S/C16H22FNO2/c1-10(2)15-9-16(5-6-19-15)8-13(18)12-4-3-11(17)7-14(12)20-16/h3-4,7,10,13,15H,5-6,8-9,18H2,1-2H3. The molecule has 1 aromatic rings. The Morgan fingerprint density at radius 3 is 2.90 bits per heavy atom. The van der Waals surface area contributed by atoms with E-state index in [9.17, 15) is 4.39 Å². The van der Waals surface area contributed by atoms with E-state index in [4.69, 9.17) is 15.2 Å². The first-order chi connectivity index (χ1) is 9.49. The van der Waals surface area contributed by atoms with E-state index in [1.165, 1.54) is 12.1 Å². The lowest BCUT2D eigenvalue weighted by atomic mass is 9.78. The predicted octanol–water partition coefficient (Wildman–Crippen LogP) is 3.18. The van der Waals surface area contributed by atoms with Crippen LogP contribution in [0.1, 0.15) is 44.7 Å². The van der Waals surface area contributed by atoms with Gasteiger partial charge in [0.2, 0.25) is 0 Å². The monoisotopic (exact) mass is 279 g/mol. The van der Waals surface area contributed by atoms with Crippen molar-refractivity contribution in [2.24, 2.45) is 11.7 Å². The molecule has 1 saturated heterocycles. The topological polar surface area (TPSA) is 44.5 Å². The summed E-state index contributed by atoms with van der Waals surface area (Å²) in [5, 5.41) is 0. The number of hydrogen-bond donors (Lipinski definition) is 1. The van der Waals surface area contributed by atoms with Crippen LogP contribution in [0, 0.1) is 11.7 Å². The van der Waals surface area contributed by atoms with Crippen molar-refractivity contribution in [3.63, 3.8) is 0 Å². The van der Waals surface area contributed by atoms with Gasteiger partial charge in [-0.05, 0) is 12.0 Å². The Morgan fingerprint density at radius 2 is 2.15 bits per heavy atom. The Labute approximate surface area is 119 Å². The Morgan fingerprint density at radius 1 is 1.35 bits per heavy atom. The molecule has 2 heterocycles. The fourth-order valence-corrected chi connectivity index (χ4v) is 3.32. The molecule has 1 fully saturated rings. The van der Waals surface area contributed by atoms with Crippen molar-refractivity contribution in [1.82, 2.24) is 0 Å². The van der Waals surface area contributed by atoms with Gasteiger partial charge in [0.05, 0.1) is 12.7 Å². The van der Waals surface area contributed by atoms with E-state index in [1.54, 1.807) is 6.07 Å². The highest BCUT2D eigenvalue weighted by molar-refractivity contribution is 5.39. The van der Waals surface area contributed by atoms with E-state index in [0.29, 0.717) is 18.3 Å². The van der Waals surface area contributed by atoms with Crippen molar-refractivity contribution in [2.75, 3.05) is 6.61 Å². The highest BCUT2D eigenvalue weighted by Crippen LogP contribution is 2.45. The lowest BCUT2D eigenvalue weighted by Crippen LogP contribution is -2.50. The van der Waals surface area contributed by atoms with E-state index in [1.807, 2.05) is 0 Å². The van der Waals surface area contributed by atoms with Gasteiger partial charge in [-0.2, -0.15) is 0 Å². The Kier molecular flexibility index (Phi) is 3.46. The van der Waals surface area contributed by atoms with Gasteiger partial charge in [0, 0.05) is 36.9 Å². The second-order valence-electron chi connectivity index (χ2n) is 6.39. The summed E-state index contributed by atoms with van der Waals surface area (Å²) in [6.07, 6.45) is 2.61. The molecule has 3 atom stereocenters. The van der Waals surface area contributed by atoms with Gasteiger partial charge in [-0.25, -0.2) is 4.39 Å². The summed E-state index contributed by atoms with van der Waals surface area (Å²) in [5.74, 6) is 0.773. The molecular weight excluding hydrogens is 257 g/mol. The van der Waals surface area contributed by atoms with Gasteiger partial charge in [0.25, 0.3) is 0 Å². The molecule has 3 nitrogen and oxygen atoms in total. The van der Waals surface area contributed by atoms with Gasteiger partial charge < -0.3 is 15.2 Å². The first-order valence-electron chi connectivity index (χ1n) is 7.35. The number of fused-ring (bicyclic) bond motifs is 1. The van der Waals surface area contributed by atoms with Crippen LogP contribution < -0.4 is 10.5 Å². The van der Waals surface area contributed by atoms with Gasteiger partial charge in [0.15, 0.2) is 0 Å². The molecule has 3 rings (SSSR count). The minimum Gasteiger partial charge on any atom is -0.487 e. The lowest BCUT2D eigenvalue weighted by molar-refractivity contribution is -0.115.